The van der Waals surface area contributed by atoms with Crippen molar-refractivity contribution < 1.29 is 19.1 Å². The summed E-state index contributed by atoms with van der Waals surface area (Å²) in [5.74, 6) is 0.159. The molecule has 0 aliphatic carbocycles. The average molecular weight is 318 g/mol. The predicted molar refractivity (Wildman–Crippen MR) is 85.5 cm³/mol. The molecule has 6 nitrogen and oxygen atoms in total. The predicted octanol–water partition coefficient (Wildman–Crippen LogP) is 1.18. The maximum Gasteiger partial charge on any atom is 0.241 e. The Morgan fingerprint density at radius 1 is 1.22 bits per heavy atom. The number of likely N-dealkylation sites (tertiary alicyclic amines) is 1. The number of methoxy groups -OCH3 is 1. The van der Waals surface area contributed by atoms with Gasteiger partial charge in [0.15, 0.2) is 5.78 Å². The van der Waals surface area contributed by atoms with Crippen LogP contribution >= 0.6 is 0 Å². The van der Waals surface area contributed by atoms with E-state index in [9.17, 15) is 14.4 Å². The van der Waals surface area contributed by atoms with Gasteiger partial charge < -0.3 is 15.0 Å². The van der Waals surface area contributed by atoms with Crippen LogP contribution in [-0.4, -0.2) is 49.2 Å². The molecule has 1 heterocycles. The highest BCUT2D eigenvalue weighted by molar-refractivity contribution is 5.95. The molecule has 23 heavy (non-hydrogen) atoms. The Bertz CT molecular complexity index is 607. The maximum absolute atomic E-state index is 12.1. The molecule has 1 aliphatic heterocycles. The Morgan fingerprint density at radius 3 is 2.52 bits per heavy atom. The van der Waals surface area contributed by atoms with Crippen molar-refractivity contribution in [1.29, 1.82) is 0 Å². The minimum atomic E-state index is -0.267. The molecule has 6 heteroatoms. The van der Waals surface area contributed by atoms with Crippen LogP contribution in [0.25, 0.3) is 0 Å². The number of ketones is 1. The van der Waals surface area contributed by atoms with Gasteiger partial charge in [-0.2, -0.15) is 0 Å². The number of hydrogen-bond acceptors (Lipinski definition) is 4. The normalized spacial score (nSPS) is 13.7. The molecule has 0 unspecified atom stereocenters. The fourth-order valence-corrected chi connectivity index (χ4v) is 2.62. The highest BCUT2D eigenvalue weighted by Gasteiger charge is 2.18. The first kappa shape index (κ1) is 17.0. The minimum absolute atomic E-state index is 0.00749. The molecule has 1 N–H and O–H groups in total. The number of ether oxygens (including phenoxy) is 1. The quantitative estimate of drug-likeness (QED) is 0.799. The first-order chi connectivity index (χ1) is 11.0. The van der Waals surface area contributed by atoms with Crippen LogP contribution in [0.2, 0.25) is 0 Å². The van der Waals surface area contributed by atoms with Crippen molar-refractivity contribution in [2.24, 2.45) is 0 Å². The first-order valence-corrected chi connectivity index (χ1v) is 7.73. The van der Waals surface area contributed by atoms with E-state index in [1.54, 1.807) is 23.1 Å². The zero-order valence-corrected chi connectivity index (χ0v) is 13.6. The molecule has 0 spiro atoms. The average Bonchev–Trinajstić information content (AvgIpc) is 3.07. The van der Waals surface area contributed by atoms with Gasteiger partial charge in [-0.3, -0.25) is 14.4 Å². The second-order valence-corrected chi connectivity index (χ2v) is 5.62. The van der Waals surface area contributed by atoms with Gasteiger partial charge in [-0.1, -0.05) is 0 Å². The zero-order valence-electron chi connectivity index (χ0n) is 13.6. The lowest BCUT2D eigenvalue weighted by molar-refractivity contribution is -0.131. The van der Waals surface area contributed by atoms with Crippen molar-refractivity contribution in [3.8, 4) is 5.75 Å². The van der Waals surface area contributed by atoms with Crippen molar-refractivity contribution in [2.75, 3.05) is 26.7 Å². The molecule has 0 bridgehead atoms. The molecule has 1 saturated heterocycles. The molecule has 0 radical (unpaired) electrons. The van der Waals surface area contributed by atoms with Crippen molar-refractivity contribution in [1.82, 2.24) is 10.2 Å². The third-order valence-corrected chi connectivity index (χ3v) is 3.93. The number of rotatable bonds is 6. The molecule has 0 saturated carbocycles. The Morgan fingerprint density at radius 2 is 1.91 bits per heavy atom. The van der Waals surface area contributed by atoms with E-state index < -0.39 is 0 Å². The lowest BCUT2D eigenvalue weighted by Crippen LogP contribution is -2.39. The van der Waals surface area contributed by atoms with E-state index in [1.165, 1.54) is 14.0 Å². The monoisotopic (exact) mass is 318 g/mol. The molecular formula is C17H22N2O4. The summed E-state index contributed by atoms with van der Waals surface area (Å²) in [6, 6.07) is 5.00. The third-order valence-electron chi connectivity index (χ3n) is 3.93. The van der Waals surface area contributed by atoms with Crippen LogP contribution in [0.3, 0.4) is 0 Å². The van der Waals surface area contributed by atoms with Crippen LogP contribution in [-0.2, 0) is 16.0 Å². The lowest BCUT2D eigenvalue weighted by atomic mass is 10.0. The number of amides is 2. The van der Waals surface area contributed by atoms with E-state index in [1.807, 2.05) is 0 Å². The first-order valence-electron chi connectivity index (χ1n) is 7.73. The number of carbonyl (C=O) groups is 3. The van der Waals surface area contributed by atoms with Crippen molar-refractivity contribution in [3.63, 3.8) is 0 Å². The van der Waals surface area contributed by atoms with Gasteiger partial charge in [0, 0.05) is 24.2 Å². The smallest absolute Gasteiger partial charge is 0.241 e. The number of nitrogens with one attached hydrogen (secondary N) is 1. The Kier molecular flexibility index (Phi) is 5.73. The zero-order chi connectivity index (χ0) is 16.8. The number of nitrogens with zero attached hydrogens (tertiary/aromatic N) is 1. The lowest BCUT2D eigenvalue weighted by Gasteiger charge is -2.15. The summed E-state index contributed by atoms with van der Waals surface area (Å²) in [6.45, 7) is 3.01. The summed E-state index contributed by atoms with van der Waals surface area (Å²) in [4.78, 5) is 37.2. The van der Waals surface area contributed by atoms with Gasteiger partial charge in [0.05, 0.1) is 20.1 Å². The van der Waals surface area contributed by atoms with E-state index in [-0.39, 0.29) is 30.6 Å². The van der Waals surface area contributed by atoms with Gasteiger partial charge in [-0.25, -0.2) is 0 Å². The highest BCUT2D eigenvalue weighted by Crippen LogP contribution is 2.20. The molecule has 0 atom stereocenters. The van der Waals surface area contributed by atoms with Crippen LogP contribution in [0.5, 0.6) is 5.75 Å². The minimum Gasteiger partial charge on any atom is -0.496 e. The van der Waals surface area contributed by atoms with Crippen molar-refractivity contribution >= 4 is 17.6 Å². The summed E-state index contributed by atoms with van der Waals surface area (Å²) in [5.41, 5.74) is 1.16. The Labute approximate surface area is 135 Å². The van der Waals surface area contributed by atoms with Crippen molar-refractivity contribution in [3.05, 3.63) is 29.3 Å². The van der Waals surface area contributed by atoms with E-state index in [0.717, 1.165) is 25.9 Å². The van der Waals surface area contributed by atoms with E-state index in [0.29, 0.717) is 16.9 Å². The van der Waals surface area contributed by atoms with E-state index in [2.05, 4.69) is 5.32 Å². The molecule has 2 amide bonds. The summed E-state index contributed by atoms with van der Waals surface area (Å²) >= 11 is 0. The fraction of sp³-hybridized carbons (Fsp3) is 0.471. The van der Waals surface area contributed by atoms with Gasteiger partial charge >= 0.3 is 0 Å². The topological polar surface area (TPSA) is 75.7 Å². The number of carbonyl (C=O) groups excluding carboxylic acids is 3. The molecule has 1 aromatic rings. The highest BCUT2D eigenvalue weighted by atomic mass is 16.5. The molecular weight excluding hydrogens is 296 g/mol. The molecule has 1 fully saturated rings. The van der Waals surface area contributed by atoms with Crippen LogP contribution in [0.4, 0.5) is 0 Å². The fourth-order valence-electron chi connectivity index (χ4n) is 2.62. The maximum atomic E-state index is 12.1. The van der Waals surface area contributed by atoms with Gasteiger partial charge in [-0.15, -0.1) is 0 Å². The second-order valence-electron chi connectivity index (χ2n) is 5.62. The summed E-state index contributed by atoms with van der Waals surface area (Å²) in [6.07, 6.45) is 2.11. The van der Waals surface area contributed by atoms with Crippen LogP contribution in [0.15, 0.2) is 18.2 Å². The standard InChI is InChI=1S/C17H22N2O4/c1-12(20)13-5-6-15(23-2)14(9-13)10-16(21)18-11-17(22)19-7-3-4-8-19/h5-6,9H,3-4,7-8,10-11H2,1-2H3,(H,18,21). The van der Waals surface area contributed by atoms with Crippen LogP contribution < -0.4 is 10.1 Å². The summed E-state index contributed by atoms with van der Waals surface area (Å²) < 4.78 is 5.22. The number of benzene rings is 1. The van der Waals surface area contributed by atoms with Crippen LogP contribution in [0.1, 0.15) is 35.7 Å². The summed E-state index contributed by atoms with van der Waals surface area (Å²) in [7, 11) is 1.51. The number of Topliss-reactive ketones (excluding diaryl/α,β-unsaturated/α-hetero) is 1. The van der Waals surface area contributed by atoms with Gasteiger partial charge in [0.25, 0.3) is 0 Å². The van der Waals surface area contributed by atoms with Crippen LogP contribution in [0, 0.1) is 0 Å². The van der Waals surface area contributed by atoms with Gasteiger partial charge in [-0.05, 0) is 38.0 Å². The Hall–Kier alpha value is -2.37. The van der Waals surface area contributed by atoms with Gasteiger partial charge in [0.1, 0.15) is 5.75 Å². The van der Waals surface area contributed by atoms with Crippen molar-refractivity contribution in [2.45, 2.75) is 26.2 Å². The van der Waals surface area contributed by atoms with E-state index >= 15 is 0 Å². The number of hydrogen-bond donors (Lipinski definition) is 1. The SMILES string of the molecule is COc1ccc(C(C)=O)cc1CC(=O)NCC(=O)N1CCCC1. The Balaban J connectivity index is 1.94. The molecule has 2 rings (SSSR count). The molecule has 1 aliphatic rings. The van der Waals surface area contributed by atoms with Gasteiger partial charge in [0.2, 0.25) is 11.8 Å². The molecule has 1 aromatic carbocycles. The summed E-state index contributed by atoms with van der Waals surface area (Å²) in [5, 5.41) is 2.64. The van der Waals surface area contributed by atoms with E-state index in [4.69, 9.17) is 4.74 Å². The largest absolute Gasteiger partial charge is 0.496 e. The second kappa shape index (κ2) is 7.76. The third kappa shape index (κ3) is 4.55. The molecule has 0 aromatic heterocycles. The molecule has 124 valence electrons.